The van der Waals surface area contributed by atoms with Crippen LogP contribution < -0.4 is 0 Å². The van der Waals surface area contributed by atoms with Crippen LogP contribution in [0.2, 0.25) is 0 Å². The van der Waals surface area contributed by atoms with Gasteiger partial charge in [-0.2, -0.15) is 0 Å². The van der Waals surface area contributed by atoms with Gasteiger partial charge in [0.15, 0.2) is 0 Å². The van der Waals surface area contributed by atoms with Crippen LogP contribution in [0.3, 0.4) is 0 Å². The van der Waals surface area contributed by atoms with Crippen molar-refractivity contribution in [1.82, 2.24) is 4.98 Å². The van der Waals surface area contributed by atoms with E-state index in [2.05, 4.69) is 127 Å². The summed E-state index contributed by atoms with van der Waals surface area (Å²) in [6.45, 7) is 0. The molecule has 0 radical (unpaired) electrons. The van der Waals surface area contributed by atoms with Gasteiger partial charge < -0.3 is 0 Å². The lowest BCUT2D eigenvalue weighted by atomic mass is 9.78. The largest absolute Gasteiger partial charge is 0.256 e. The van der Waals surface area contributed by atoms with Crippen molar-refractivity contribution in [2.24, 2.45) is 0 Å². The fourth-order valence-corrected chi connectivity index (χ4v) is 8.00. The minimum atomic E-state index is 1.04. The van der Waals surface area contributed by atoms with E-state index in [1.165, 1.54) is 75.8 Å². The summed E-state index contributed by atoms with van der Waals surface area (Å²) in [5, 5.41) is 3.80. The van der Waals surface area contributed by atoms with E-state index in [0.717, 1.165) is 10.9 Å². The molecule has 9 rings (SSSR count). The lowest BCUT2D eigenvalue weighted by Gasteiger charge is -2.25. The quantitative estimate of drug-likeness (QED) is 0.203. The van der Waals surface area contributed by atoms with Gasteiger partial charge in [0, 0.05) is 42.9 Å². The number of pyridine rings is 1. The van der Waals surface area contributed by atoms with Gasteiger partial charge in [0.1, 0.15) is 0 Å². The first kappa shape index (κ1) is 22.7. The molecule has 6 aromatic carbocycles. The molecule has 0 bridgehead atoms. The second-order valence-corrected chi connectivity index (χ2v) is 11.7. The monoisotopic (exact) mass is 537 g/mol. The number of benzene rings is 6. The predicted molar refractivity (Wildman–Crippen MR) is 175 cm³/mol. The second-order valence-electron chi connectivity index (χ2n) is 10.7. The average molecular weight is 538 g/mol. The fraction of sp³-hybridized carbons (Fsp3) is 0. The van der Waals surface area contributed by atoms with Gasteiger partial charge in [0.25, 0.3) is 0 Å². The molecule has 0 unspecified atom stereocenters. The van der Waals surface area contributed by atoms with Crippen molar-refractivity contribution < 1.29 is 0 Å². The topological polar surface area (TPSA) is 12.9 Å². The summed E-state index contributed by atoms with van der Waals surface area (Å²) in [6.07, 6.45) is 1.91. The van der Waals surface area contributed by atoms with Crippen LogP contribution in [0.15, 0.2) is 140 Å². The van der Waals surface area contributed by atoms with Gasteiger partial charge in [-0.3, -0.25) is 4.98 Å². The molecule has 41 heavy (non-hydrogen) atoms. The number of hydrogen-bond donors (Lipinski definition) is 0. The van der Waals surface area contributed by atoms with Gasteiger partial charge >= 0.3 is 0 Å². The molecule has 1 nitrogen and oxygen atoms in total. The van der Waals surface area contributed by atoms with Crippen molar-refractivity contribution in [2.75, 3.05) is 0 Å². The van der Waals surface area contributed by atoms with Crippen LogP contribution in [0.5, 0.6) is 0 Å². The molecule has 0 fully saturated rings. The van der Waals surface area contributed by atoms with Crippen molar-refractivity contribution in [3.05, 3.63) is 140 Å². The molecule has 0 atom stereocenters. The molecule has 0 N–H and O–H groups in total. The number of rotatable bonds is 1. The minimum Gasteiger partial charge on any atom is -0.256 e. The first-order chi connectivity index (χ1) is 20.4. The smallest absolute Gasteiger partial charge is 0.0786 e. The number of thiophene rings is 1. The van der Waals surface area contributed by atoms with Crippen LogP contribution in [0.4, 0.5) is 0 Å². The van der Waals surface area contributed by atoms with E-state index >= 15 is 0 Å². The van der Waals surface area contributed by atoms with E-state index in [4.69, 9.17) is 4.98 Å². The summed E-state index contributed by atoms with van der Waals surface area (Å²) in [6, 6.07) is 48.8. The van der Waals surface area contributed by atoms with E-state index in [0.29, 0.717) is 0 Å². The predicted octanol–water partition coefficient (Wildman–Crippen LogP) is 11.3. The highest BCUT2D eigenvalue weighted by molar-refractivity contribution is 7.26. The van der Waals surface area contributed by atoms with Gasteiger partial charge in [0.2, 0.25) is 0 Å². The van der Waals surface area contributed by atoms with Crippen molar-refractivity contribution in [3.63, 3.8) is 0 Å². The van der Waals surface area contributed by atoms with Crippen molar-refractivity contribution >= 4 is 42.4 Å². The number of aromatic nitrogens is 1. The first-order valence-electron chi connectivity index (χ1n) is 14.0. The molecule has 8 aromatic rings. The zero-order valence-electron chi connectivity index (χ0n) is 22.1. The molecule has 1 aliphatic rings. The summed E-state index contributed by atoms with van der Waals surface area (Å²) >= 11 is 1.89. The number of fused-ring (bicyclic) bond motifs is 13. The molecule has 0 saturated heterocycles. The summed E-state index contributed by atoms with van der Waals surface area (Å²) in [5.74, 6) is 0. The maximum Gasteiger partial charge on any atom is 0.0786 e. The highest BCUT2D eigenvalue weighted by Gasteiger charge is 2.26. The SMILES string of the molecule is c1ccc2c(c1)-c1cccc(-c3cccc4c3sc3ccccc34)c1-c1ccccc1-c1c-2ccc2cccnc12. The first-order valence-corrected chi connectivity index (χ1v) is 14.8. The van der Waals surface area contributed by atoms with Crippen LogP contribution >= 0.6 is 11.3 Å². The Morgan fingerprint density at radius 3 is 1.80 bits per heavy atom. The number of nitrogens with zero attached hydrogens (tertiary/aromatic N) is 1. The third-order valence-electron chi connectivity index (χ3n) is 8.51. The Balaban J connectivity index is 1.46. The fourth-order valence-electron chi connectivity index (χ4n) is 6.76. The lowest BCUT2D eigenvalue weighted by Crippen LogP contribution is -2.00. The lowest BCUT2D eigenvalue weighted by molar-refractivity contribution is 1.41. The van der Waals surface area contributed by atoms with E-state index in [-0.39, 0.29) is 0 Å². The Bertz CT molecular complexity index is 2320. The Kier molecular flexibility index (Phi) is 4.84. The van der Waals surface area contributed by atoms with Crippen molar-refractivity contribution in [3.8, 4) is 55.6 Å². The maximum absolute atomic E-state index is 4.94. The molecule has 0 spiro atoms. The molecular weight excluding hydrogens is 515 g/mol. The zero-order valence-corrected chi connectivity index (χ0v) is 23.0. The van der Waals surface area contributed by atoms with Gasteiger partial charge in [-0.05, 0) is 56.6 Å². The normalized spacial score (nSPS) is 11.9. The van der Waals surface area contributed by atoms with E-state index in [1.807, 2.05) is 23.6 Å². The molecule has 2 aromatic heterocycles. The maximum atomic E-state index is 4.94. The van der Waals surface area contributed by atoms with Crippen molar-refractivity contribution in [2.45, 2.75) is 0 Å². The van der Waals surface area contributed by atoms with E-state index < -0.39 is 0 Å². The summed E-state index contributed by atoms with van der Waals surface area (Å²) in [7, 11) is 0. The number of hydrogen-bond acceptors (Lipinski definition) is 2. The standard InChI is InChI=1S/C39H23NS/c1-2-12-26-25(11-1)28-16-7-17-31(34-19-8-18-33-27-13-5-6-20-35(27)41-39(33)34)36(28)29-14-3-4-15-30(29)37-32(26)22-21-24-10-9-23-40-38(24)37/h1-23H. The summed E-state index contributed by atoms with van der Waals surface area (Å²) < 4.78 is 2.66. The van der Waals surface area contributed by atoms with Crippen LogP contribution in [0.25, 0.3) is 86.7 Å². The van der Waals surface area contributed by atoms with E-state index in [9.17, 15) is 0 Å². The van der Waals surface area contributed by atoms with Crippen LogP contribution in [0.1, 0.15) is 0 Å². The van der Waals surface area contributed by atoms with Gasteiger partial charge in [-0.25, -0.2) is 0 Å². The average Bonchev–Trinajstić information content (AvgIpc) is 3.42. The summed E-state index contributed by atoms with van der Waals surface area (Å²) in [5.41, 5.74) is 13.5. The minimum absolute atomic E-state index is 1.04. The van der Waals surface area contributed by atoms with Gasteiger partial charge in [-0.1, -0.05) is 121 Å². The Morgan fingerprint density at radius 1 is 0.390 bits per heavy atom. The Morgan fingerprint density at radius 2 is 0.976 bits per heavy atom. The Labute approximate surface area is 242 Å². The van der Waals surface area contributed by atoms with E-state index in [1.54, 1.807) is 0 Å². The van der Waals surface area contributed by atoms with Crippen LogP contribution in [-0.4, -0.2) is 4.98 Å². The van der Waals surface area contributed by atoms with Crippen LogP contribution in [0, 0.1) is 0 Å². The van der Waals surface area contributed by atoms with Gasteiger partial charge in [-0.15, -0.1) is 11.3 Å². The van der Waals surface area contributed by atoms with Crippen LogP contribution in [-0.2, 0) is 0 Å². The highest BCUT2D eigenvalue weighted by atomic mass is 32.1. The third kappa shape index (κ3) is 3.26. The molecule has 2 heteroatoms. The molecule has 0 saturated carbocycles. The third-order valence-corrected chi connectivity index (χ3v) is 9.73. The molecule has 190 valence electrons. The molecule has 0 amide bonds. The molecule has 0 aliphatic heterocycles. The molecule has 1 aliphatic carbocycles. The zero-order chi connectivity index (χ0) is 26.9. The molecule has 2 heterocycles. The second kappa shape index (κ2) is 8.72. The van der Waals surface area contributed by atoms with Gasteiger partial charge in [0.05, 0.1) is 5.52 Å². The summed E-state index contributed by atoms with van der Waals surface area (Å²) in [4.78, 5) is 4.94. The van der Waals surface area contributed by atoms with Crippen molar-refractivity contribution in [1.29, 1.82) is 0 Å². The molecular formula is C39H23NS. The Hall–Kier alpha value is -5.05. The highest BCUT2D eigenvalue weighted by Crippen LogP contribution is 2.53.